The number of amidine groups is 1. The maximum atomic E-state index is 9.62. The van der Waals surface area contributed by atoms with Crippen molar-refractivity contribution in [3.8, 4) is 0 Å². The number of nitrogens with two attached hydrogens (primary N) is 1. The highest BCUT2D eigenvalue weighted by molar-refractivity contribution is 5.95. The van der Waals surface area contributed by atoms with Gasteiger partial charge in [0.1, 0.15) is 11.5 Å². The summed E-state index contributed by atoms with van der Waals surface area (Å²) in [7, 11) is 3.32. The zero-order valence-corrected chi connectivity index (χ0v) is 10.4. The summed E-state index contributed by atoms with van der Waals surface area (Å²) in [6, 6.07) is 5.15. The molecular weight excluding hydrogens is 236 g/mol. The molecule has 0 saturated carbocycles. The Morgan fingerprint density at radius 2 is 2.33 bits per heavy atom. The van der Waals surface area contributed by atoms with Crippen molar-refractivity contribution in [3.63, 3.8) is 0 Å². The lowest BCUT2D eigenvalue weighted by Crippen LogP contribution is -2.32. The van der Waals surface area contributed by atoms with Crippen LogP contribution >= 0.6 is 0 Å². The van der Waals surface area contributed by atoms with Gasteiger partial charge in [0.05, 0.1) is 12.7 Å². The number of likely N-dealkylation sites (N-methyl/N-ethyl adjacent to an activating group) is 1. The average Bonchev–Trinajstić information content (AvgIpc) is 2.38. The molecule has 0 radical (unpaired) electrons. The lowest BCUT2D eigenvalue weighted by atomic mass is 10.3. The molecule has 0 aliphatic carbocycles. The monoisotopic (exact) mass is 254 g/mol. The van der Waals surface area contributed by atoms with Crippen molar-refractivity contribution in [2.45, 2.75) is 6.10 Å². The molecule has 100 valence electrons. The van der Waals surface area contributed by atoms with E-state index in [0.717, 1.165) is 0 Å². The molecule has 0 saturated heterocycles. The number of aromatic nitrogens is 1. The first-order chi connectivity index (χ1) is 8.58. The average molecular weight is 254 g/mol. The van der Waals surface area contributed by atoms with Gasteiger partial charge in [-0.15, -0.1) is 0 Å². The largest absolute Gasteiger partial charge is 0.409 e. The highest BCUT2D eigenvalue weighted by atomic mass is 16.5. The van der Waals surface area contributed by atoms with Gasteiger partial charge in [-0.1, -0.05) is 11.2 Å². The van der Waals surface area contributed by atoms with Crippen LogP contribution in [0.15, 0.2) is 23.4 Å². The van der Waals surface area contributed by atoms with Crippen LogP contribution in [0, 0.1) is 0 Å². The van der Waals surface area contributed by atoms with E-state index >= 15 is 0 Å². The Hall–Kier alpha value is -1.86. The molecule has 0 aliphatic rings. The fraction of sp³-hybridized carbons (Fsp3) is 0.455. The molecule has 0 fully saturated rings. The van der Waals surface area contributed by atoms with E-state index in [9.17, 15) is 5.11 Å². The molecule has 7 nitrogen and oxygen atoms in total. The normalized spacial score (nSPS) is 13.4. The van der Waals surface area contributed by atoms with Gasteiger partial charge in [0, 0.05) is 20.7 Å². The predicted octanol–water partition coefficient (Wildman–Crippen LogP) is -0.380. The molecule has 1 atom stereocenters. The van der Waals surface area contributed by atoms with E-state index in [-0.39, 0.29) is 12.4 Å². The molecule has 18 heavy (non-hydrogen) atoms. The summed E-state index contributed by atoms with van der Waals surface area (Å²) in [4.78, 5) is 5.98. The van der Waals surface area contributed by atoms with Gasteiger partial charge in [-0.05, 0) is 12.1 Å². The van der Waals surface area contributed by atoms with Gasteiger partial charge < -0.3 is 25.7 Å². The topological polar surface area (TPSA) is 104 Å². The van der Waals surface area contributed by atoms with E-state index < -0.39 is 6.10 Å². The van der Waals surface area contributed by atoms with Crippen LogP contribution in [0.1, 0.15) is 5.69 Å². The minimum atomic E-state index is -0.602. The molecule has 1 unspecified atom stereocenters. The summed E-state index contributed by atoms with van der Waals surface area (Å²) < 4.78 is 4.85. The molecule has 0 amide bonds. The minimum Gasteiger partial charge on any atom is -0.409 e. The smallest absolute Gasteiger partial charge is 0.188 e. The van der Waals surface area contributed by atoms with Crippen molar-refractivity contribution in [2.24, 2.45) is 10.9 Å². The first kappa shape index (κ1) is 14.2. The number of ether oxygens (including phenoxy) is 1. The quantitative estimate of drug-likeness (QED) is 0.277. The number of methoxy groups -OCH3 is 1. The maximum absolute atomic E-state index is 9.62. The van der Waals surface area contributed by atoms with E-state index in [4.69, 9.17) is 15.7 Å². The summed E-state index contributed by atoms with van der Waals surface area (Å²) in [5, 5.41) is 21.1. The van der Waals surface area contributed by atoms with Crippen molar-refractivity contribution in [1.82, 2.24) is 4.98 Å². The molecule has 1 aromatic rings. The second-order valence-electron chi connectivity index (χ2n) is 3.86. The summed E-state index contributed by atoms with van der Waals surface area (Å²) in [5.41, 5.74) is 5.84. The number of oxime groups is 1. The lowest BCUT2D eigenvalue weighted by molar-refractivity contribution is 0.0694. The number of aliphatic hydroxyl groups is 1. The third-order valence-electron chi connectivity index (χ3n) is 2.34. The van der Waals surface area contributed by atoms with E-state index in [1.54, 1.807) is 30.1 Å². The third-order valence-corrected chi connectivity index (χ3v) is 2.34. The molecule has 0 spiro atoms. The van der Waals surface area contributed by atoms with Crippen LogP contribution in [0.3, 0.4) is 0 Å². The molecule has 7 heteroatoms. The van der Waals surface area contributed by atoms with Crippen molar-refractivity contribution < 1.29 is 15.1 Å². The fourth-order valence-electron chi connectivity index (χ4n) is 1.48. The van der Waals surface area contributed by atoms with Crippen molar-refractivity contribution in [2.75, 3.05) is 32.2 Å². The van der Waals surface area contributed by atoms with Gasteiger partial charge in [0.25, 0.3) is 0 Å². The Balaban J connectivity index is 2.77. The number of aliphatic hydroxyl groups excluding tert-OH is 1. The van der Waals surface area contributed by atoms with Gasteiger partial charge in [-0.2, -0.15) is 0 Å². The van der Waals surface area contributed by atoms with Crippen LogP contribution in [-0.4, -0.2) is 54.5 Å². The van der Waals surface area contributed by atoms with Crippen LogP contribution in [0.25, 0.3) is 0 Å². The highest BCUT2D eigenvalue weighted by Gasteiger charge is 2.11. The summed E-state index contributed by atoms with van der Waals surface area (Å²) >= 11 is 0. The Bertz CT molecular complexity index is 411. The zero-order chi connectivity index (χ0) is 13.5. The molecule has 0 bridgehead atoms. The Kier molecular flexibility index (Phi) is 5.34. The van der Waals surface area contributed by atoms with E-state index in [1.165, 1.54) is 7.11 Å². The third kappa shape index (κ3) is 3.86. The highest BCUT2D eigenvalue weighted by Crippen LogP contribution is 2.10. The Morgan fingerprint density at radius 1 is 1.61 bits per heavy atom. The summed E-state index contributed by atoms with van der Waals surface area (Å²) in [6.07, 6.45) is -0.602. The summed E-state index contributed by atoms with van der Waals surface area (Å²) in [5.74, 6) is 0.567. The molecule has 1 heterocycles. The van der Waals surface area contributed by atoms with E-state index in [1.807, 2.05) is 0 Å². The van der Waals surface area contributed by atoms with Crippen molar-refractivity contribution in [1.29, 1.82) is 0 Å². The number of hydrogen-bond donors (Lipinski definition) is 3. The second-order valence-corrected chi connectivity index (χ2v) is 3.86. The SMILES string of the molecule is COCC(O)CN(C)c1cccc(C(N)=NO)n1. The lowest BCUT2D eigenvalue weighted by Gasteiger charge is -2.21. The second kappa shape index (κ2) is 6.77. The predicted molar refractivity (Wildman–Crippen MR) is 67.9 cm³/mol. The van der Waals surface area contributed by atoms with E-state index in [2.05, 4.69) is 10.1 Å². The summed E-state index contributed by atoms with van der Waals surface area (Å²) in [6.45, 7) is 0.630. The minimum absolute atomic E-state index is 0.0531. The number of nitrogens with zero attached hydrogens (tertiary/aromatic N) is 3. The number of pyridine rings is 1. The molecule has 0 aliphatic heterocycles. The standard InChI is InChI=1S/C11H18N4O3/c1-15(6-8(16)7-18-2)10-5-3-4-9(13-10)11(12)14-17/h3-5,8,16-17H,6-7H2,1-2H3,(H2,12,14). The van der Waals surface area contributed by atoms with Crippen LogP contribution in [-0.2, 0) is 4.74 Å². The van der Waals surface area contributed by atoms with Crippen LogP contribution in [0.5, 0.6) is 0 Å². The molecule has 0 aromatic carbocycles. The Labute approximate surface area is 105 Å². The molecule has 4 N–H and O–H groups in total. The molecular formula is C11H18N4O3. The zero-order valence-electron chi connectivity index (χ0n) is 10.4. The van der Waals surface area contributed by atoms with Gasteiger partial charge in [0.15, 0.2) is 5.84 Å². The number of anilines is 1. The van der Waals surface area contributed by atoms with Gasteiger partial charge in [-0.25, -0.2) is 4.98 Å². The Morgan fingerprint density at radius 3 is 2.94 bits per heavy atom. The van der Waals surface area contributed by atoms with Gasteiger partial charge >= 0.3 is 0 Å². The maximum Gasteiger partial charge on any atom is 0.188 e. The first-order valence-electron chi connectivity index (χ1n) is 5.41. The molecule has 1 aromatic heterocycles. The number of hydrogen-bond acceptors (Lipinski definition) is 6. The molecule has 1 rings (SSSR count). The van der Waals surface area contributed by atoms with Crippen LogP contribution in [0.2, 0.25) is 0 Å². The van der Waals surface area contributed by atoms with Gasteiger partial charge in [0.2, 0.25) is 0 Å². The first-order valence-corrected chi connectivity index (χ1v) is 5.41. The fourth-order valence-corrected chi connectivity index (χ4v) is 1.48. The van der Waals surface area contributed by atoms with Crippen LogP contribution in [0.4, 0.5) is 5.82 Å². The van der Waals surface area contributed by atoms with E-state index in [0.29, 0.717) is 18.1 Å². The van der Waals surface area contributed by atoms with Gasteiger partial charge in [-0.3, -0.25) is 0 Å². The van der Waals surface area contributed by atoms with Crippen molar-refractivity contribution >= 4 is 11.7 Å². The van der Waals surface area contributed by atoms with Crippen molar-refractivity contribution in [3.05, 3.63) is 23.9 Å². The number of rotatable bonds is 6. The van der Waals surface area contributed by atoms with Crippen LogP contribution < -0.4 is 10.6 Å².